The Morgan fingerprint density at radius 2 is 2.04 bits per heavy atom. The van der Waals surface area contributed by atoms with E-state index < -0.39 is 0 Å². The average molecular weight is 358 g/mol. The van der Waals surface area contributed by atoms with Crippen molar-refractivity contribution < 1.29 is 19.1 Å². The second-order valence-corrected chi connectivity index (χ2v) is 7.12. The number of aryl methyl sites for hydroxylation is 1. The highest BCUT2D eigenvalue weighted by Gasteiger charge is 2.39. The monoisotopic (exact) mass is 358 g/mol. The molecule has 0 aliphatic carbocycles. The molecule has 2 saturated heterocycles. The third kappa shape index (κ3) is 3.89. The summed E-state index contributed by atoms with van der Waals surface area (Å²) >= 11 is 0. The first kappa shape index (κ1) is 18.4. The first-order valence-electron chi connectivity index (χ1n) is 9.32. The van der Waals surface area contributed by atoms with Gasteiger partial charge in [0.2, 0.25) is 11.8 Å². The molecule has 2 unspecified atom stereocenters. The van der Waals surface area contributed by atoms with Crippen LogP contribution >= 0.6 is 0 Å². The summed E-state index contributed by atoms with van der Waals surface area (Å²) in [6.07, 6.45) is 1.77. The number of rotatable bonds is 4. The topological polar surface area (TPSA) is 66.9 Å². The molecule has 0 spiro atoms. The highest BCUT2D eigenvalue weighted by molar-refractivity contribution is 6.00. The lowest BCUT2D eigenvalue weighted by Gasteiger charge is -2.33. The highest BCUT2D eigenvalue weighted by atomic mass is 16.5. The molecule has 1 aromatic carbocycles. The van der Waals surface area contributed by atoms with E-state index in [1.165, 1.54) is 0 Å². The molecule has 1 aromatic rings. The molecule has 2 amide bonds. The van der Waals surface area contributed by atoms with Gasteiger partial charge >= 0.3 is 5.97 Å². The molecule has 3 rings (SSSR count). The predicted molar refractivity (Wildman–Crippen MR) is 97.6 cm³/mol. The van der Waals surface area contributed by atoms with Gasteiger partial charge in [0.25, 0.3) is 0 Å². The smallest absolute Gasteiger partial charge is 0.310 e. The highest BCUT2D eigenvalue weighted by Crippen LogP contribution is 2.28. The summed E-state index contributed by atoms with van der Waals surface area (Å²) in [5.41, 5.74) is 1.92. The van der Waals surface area contributed by atoms with E-state index in [-0.39, 0.29) is 36.0 Å². The molecule has 2 aliphatic heterocycles. The van der Waals surface area contributed by atoms with Crippen LogP contribution in [0.25, 0.3) is 0 Å². The number of anilines is 1. The minimum absolute atomic E-state index is 0.0205. The second-order valence-electron chi connectivity index (χ2n) is 7.12. The predicted octanol–water partition coefficient (Wildman–Crippen LogP) is 2.15. The maximum Gasteiger partial charge on any atom is 0.310 e. The van der Waals surface area contributed by atoms with E-state index >= 15 is 0 Å². The fourth-order valence-electron chi connectivity index (χ4n) is 3.81. The average Bonchev–Trinajstić information content (AvgIpc) is 3.03. The lowest BCUT2D eigenvalue weighted by molar-refractivity contribution is -0.152. The van der Waals surface area contributed by atoms with Gasteiger partial charge in [0.15, 0.2) is 0 Å². The van der Waals surface area contributed by atoms with E-state index in [4.69, 9.17) is 4.74 Å². The largest absolute Gasteiger partial charge is 0.466 e. The molecule has 2 fully saturated rings. The molecular weight excluding hydrogens is 332 g/mol. The van der Waals surface area contributed by atoms with Crippen molar-refractivity contribution in [2.24, 2.45) is 11.8 Å². The molecule has 0 N–H and O–H groups in total. The first-order valence-corrected chi connectivity index (χ1v) is 9.32. The van der Waals surface area contributed by atoms with Gasteiger partial charge in [-0.15, -0.1) is 0 Å². The Balaban J connectivity index is 1.65. The zero-order chi connectivity index (χ0) is 18.7. The maximum atomic E-state index is 12.9. The van der Waals surface area contributed by atoms with Crippen molar-refractivity contribution in [2.45, 2.75) is 33.1 Å². The molecule has 26 heavy (non-hydrogen) atoms. The number of carbonyl (C=O) groups is 3. The van der Waals surface area contributed by atoms with Crippen LogP contribution in [0.15, 0.2) is 24.3 Å². The van der Waals surface area contributed by atoms with Gasteiger partial charge in [-0.3, -0.25) is 14.4 Å². The molecule has 0 bridgehead atoms. The second kappa shape index (κ2) is 7.89. The van der Waals surface area contributed by atoms with Crippen molar-refractivity contribution >= 4 is 23.5 Å². The molecule has 0 radical (unpaired) electrons. The number of piperidine rings is 1. The fraction of sp³-hybridized carbons (Fsp3) is 0.550. The summed E-state index contributed by atoms with van der Waals surface area (Å²) < 4.78 is 5.10. The SMILES string of the molecule is CCOC(=O)C1CCCN(C(=O)C2CC(=O)N(c3cccc(C)c3)C2)C1. The lowest BCUT2D eigenvalue weighted by atomic mass is 9.96. The fourth-order valence-corrected chi connectivity index (χ4v) is 3.81. The van der Waals surface area contributed by atoms with Crippen molar-refractivity contribution in [3.05, 3.63) is 29.8 Å². The Kier molecular flexibility index (Phi) is 5.59. The minimum atomic E-state index is -0.344. The van der Waals surface area contributed by atoms with Gasteiger partial charge in [0, 0.05) is 31.7 Å². The Hall–Kier alpha value is -2.37. The van der Waals surface area contributed by atoms with E-state index in [0.29, 0.717) is 26.2 Å². The van der Waals surface area contributed by atoms with E-state index in [9.17, 15) is 14.4 Å². The summed E-state index contributed by atoms with van der Waals surface area (Å²) in [6.45, 7) is 5.56. The maximum absolute atomic E-state index is 12.9. The van der Waals surface area contributed by atoms with Gasteiger partial charge in [-0.25, -0.2) is 0 Å². The Morgan fingerprint density at radius 3 is 2.77 bits per heavy atom. The van der Waals surface area contributed by atoms with Crippen LogP contribution in [0.2, 0.25) is 0 Å². The number of carbonyl (C=O) groups excluding carboxylic acids is 3. The van der Waals surface area contributed by atoms with Crippen molar-refractivity contribution in [3.63, 3.8) is 0 Å². The summed E-state index contributed by atoms with van der Waals surface area (Å²) in [4.78, 5) is 40.8. The van der Waals surface area contributed by atoms with Gasteiger partial charge in [0.05, 0.1) is 18.4 Å². The number of benzene rings is 1. The van der Waals surface area contributed by atoms with Crippen LogP contribution in [-0.4, -0.2) is 48.9 Å². The Morgan fingerprint density at radius 1 is 1.23 bits per heavy atom. The van der Waals surface area contributed by atoms with Crippen LogP contribution in [0.5, 0.6) is 0 Å². The quantitative estimate of drug-likeness (QED) is 0.774. The van der Waals surface area contributed by atoms with Crippen LogP contribution in [0.3, 0.4) is 0 Å². The van der Waals surface area contributed by atoms with Gasteiger partial charge < -0.3 is 14.5 Å². The Labute approximate surface area is 154 Å². The van der Waals surface area contributed by atoms with Crippen LogP contribution in [0, 0.1) is 18.8 Å². The van der Waals surface area contributed by atoms with Gasteiger partial charge in [0.1, 0.15) is 0 Å². The molecule has 140 valence electrons. The summed E-state index contributed by atoms with van der Waals surface area (Å²) in [5.74, 6) is -0.870. The van der Waals surface area contributed by atoms with Crippen LogP contribution in [0.4, 0.5) is 5.69 Å². The van der Waals surface area contributed by atoms with Crippen LogP contribution in [0.1, 0.15) is 31.7 Å². The van der Waals surface area contributed by atoms with Crippen molar-refractivity contribution in [2.75, 3.05) is 31.1 Å². The Bertz CT molecular complexity index is 703. The number of nitrogens with zero attached hydrogens (tertiary/aromatic N) is 2. The first-order chi connectivity index (χ1) is 12.5. The van der Waals surface area contributed by atoms with E-state index in [1.54, 1.807) is 16.7 Å². The number of ether oxygens (including phenoxy) is 1. The third-order valence-electron chi connectivity index (χ3n) is 5.14. The van der Waals surface area contributed by atoms with E-state index in [0.717, 1.165) is 24.1 Å². The standard InChI is InChI=1S/C20H26N2O4/c1-3-26-20(25)15-7-5-9-21(12-15)19(24)16-11-18(23)22(13-16)17-8-4-6-14(2)10-17/h4,6,8,10,15-16H,3,5,7,9,11-13H2,1-2H3. The molecule has 2 aliphatic rings. The summed E-state index contributed by atoms with van der Waals surface area (Å²) in [6, 6.07) is 7.76. The van der Waals surface area contributed by atoms with Crippen molar-refractivity contribution in [3.8, 4) is 0 Å². The van der Waals surface area contributed by atoms with Crippen LogP contribution in [-0.2, 0) is 19.1 Å². The summed E-state index contributed by atoms with van der Waals surface area (Å²) in [7, 11) is 0. The zero-order valence-electron chi connectivity index (χ0n) is 15.4. The van der Waals surface area contributed by atoms with Gasteiger partial charge in [-0.1, -0.05) is 12.1 Å². The number of esters is 1. The molecule has 0 aromatic heterocycles. The van der Waals surface area contributed by atoms with Gasteiger partial charge in [-0.05, 0) is 44.4 Å². The van der Waals surface area contributed by atoms with Crippen LogP contribution < -0.4 is 4.90 Å². The molecule has 0 saturated carbocycles. The van der Waals surface area contributed by atoms with Gasteiger partial charge in [-0.2, -0.15) is 0 Å². The molecular formula is C20H26N2O4. The van der Waals surface area contributed by atoms with E-state index in [2.05, 4.69) is 0 Å². The third-order valence-corrected chi connectivity index (χ3v) is 5.14. The molecule has 6 nitrogen and oxygen atoms in total. The number of hydrogen-bond acceptors (Lipinski definition) is 4. The number of likely N-dealkylation sites (tertiary alicyclic amines) is 1. The lowest BCUT2D eigenvalue weighted by Crippen LogP contribution is -2.45. The number of hydrogen-bond donors (Lipinski definition) is 0. The minimum Gasteiger partial charge on any atom is -0.466 e. The molecule has 2 atom stereocenters. The van der Waals surface area contributed by atoms with E-state index in [1.807, 2.05) is 31.2 Å². The zero-order valence-corrected chi connectivity index (χ0v) is 15.4. The normalized spacial score (nSPS) is 23.2. The van der Waals surface area contributed by atoms with Crippen molar-refractivity contribution in [1.29, 1.82) is 0 Å². The number of amides is 2. The summed E-state index contributed by atoms with van der Waals surface area (Å²) in [5, 5.41) is 0. The molecule has 6 heteroatoms. The van der Waals surface area contributed by atoms with Crippen molar-refractivity contribution in [1.82, 2.24) is 4.90 Å². The molecule has 2 heterocycles.